The minimum absolute atomic E-state index is 0.00596. The summed E-state index contributed by atoms with van der Waals surface area (Å²) in [5.41, 5.74) is 0.206. The summed E-state index contributed by atoms with van der Waals surface area (Å²) in [5.74, 6) is -0.431. The lowest BCUT2D eigenvalue weighted by Crippen LogP contribution is -2.37. The van der Waals surface area contributed by atoms with Crippen molar-refractivity contribution >= 4 is 21.8 Å². The lowest BCUT2D eigenvalue weighted by molar-refractivity contribution is 0.0728. The van der Waals surface area contributed by atoms with Crippen LogP contribution in [0.1, 0.15) is 24.2 Å². The van der Waals surface area contributed by atoms with E-state index in [9.17, 15) is 9.90 Å². The van der Waals surface area contributed by atoms with Crippen molar-refractivity contribution in [2.24, 2.45) is 0 Å². The zero-order valence-electron chi connectivity index (χ0n) is 9.64. The summed E-state index contributed by atoms with van der Waals surface area (Å²) in [4.78, 5) is 13.5. The minimum Gasteiger partial charge on any atom is -0.507 e. The Balaban J connectivity index is 3.06. The number of amides is 1. The van der Waals surface area contributed by atoms with Gasteiger partial charge in [0.25, 0.3) is 5.91 Å². The predicted octanol–water partition coefficient (Wildman–Crippen LogP) is 2.53. The molecule has 0 aliphatic rings. The molecule has 17 heavy (non-hydrogen) atoms. The number of rotatable bonds is 3. The largest absolute Gasteiger partial charge is 0.507 e. The third-order valence-corrected chi connectivity index (χ3v) is 2.81. The van der Waals surface area contributed by atoms with Crippen LogP contribution in [0.2, 0.25) is 0 Å². The first-order chi connectivity index (χ1) is 7.97. The third-order valence-electron chi connectivity index (χ3n) is 2.32. The maximum absolute atomic E-state index is 12.1. The topological polar surface area (TPSA) is 64.3 Å². The highest BCUT2D eigenvalue weighted by molar-refractivity contribution is 9.10. The van der Waals surface area contributed by atoms with Crippen LogP contribution in [0, 0.1) is 11.3 Å². The van der Waals surface area contributed by atoms with Crippen molar-refractivity contribution < 1.29 is 9.90 Å². The van der Waals surface area contributed by atoms with Gasteiger partial charge in [-0.15, -0.1) is 0 Å². The molecule has 90 valence electrons. The molecule has 1 aromatic carbocycles. The van der Waals surface area contributed by atoms with Gasteiger partial charge < -0.3 is 10.0 Å². The highest BCUT2D eigenvalue weighted by Gasteiger charge is 2.21. The van der Waals surface area contributed by atoms with Gasteiger partial charge in [-0.05, 0) is 32.0 Å². The fourth-order valence-electron chi connectivity index (χ4n) is 1.41. The van der Waals surface area contributed by atoms with Crippen molar-refractivity contribution in [3.63, 3.8) is 0 Å². The number of aromatic hydroxyl groups is 1. The Labute approximate surface area is 109 Å². The van der Waals surface area contributed by atoms with Gasteiger partial charge in [0.15, 0.2) is 0 Å². The molecule has 0 aromatic heterocycles. The molecule has 0 heterocycles. The first-order valence-electron chi connectivity index (χ1n) is 5.13. The van der Waals surface area contributed by atoms with E-state index in [1.54, 1.807) is 6.07 Å². The van der Waals surface area contributed by atoms with Gasteiger partial charge in [0.2, 0.25) is 0 Å². The van der Waals surface area contributed by atoms with Crippen LogP contribution in [0.25, 0.3) is 0 Å². The van der Waals surface area contributed by atoms with E-state index < -0.39 is 0 Å². The predicted molar refractivity (Wildman–Crippen MR) is 67.6 cm³/mol. The first-order valence-corrected chi connectivity index (χ1v) is 5.93. The number of halogens is 1. The molecule has 0 bridgehead atoms. The van der Waals surface area contributed by atoms with Crippen LogP contribution in [0.4, 0.5) is 0 Å². The molecular weight excluding hydrogens is 284 g/mol. The molecule has 0 saturated carbocycles. The minimum atomic E-state index is -0.341. The van der Waals surface area contributed by atoms with Gasteiger partial charge in [-0.2, -0.15) is 5.26 Å². The van der Waals surface area contributed by atoms with E-state index >= 15 is 0 Å². The monoisotopic (exact) mass is 296 g/mol. The van der Waals surface area contributed by atoms with Crippen LogP contribution in [0.5, 0.6) is 5.75 Å². The molecule has 0 spiro atoms. The van der Waals surface area contributed by atoms with Crippen LogP contribution in [0.3, 0.4) is 0 Å². The number of phenols is 1. The average Bonchev–Trinajstić information content (AvgIpc) is 2.24. The van der Waals surface area contributed by atoms with Crippen LogP contribution in [-0.4, -0.2) is 28.5 Å². The number of carbonyl (C=O) groups is 1. The van der Waals surface area contributed by atoms with E-state index in [0.29, 0.717) is 4.47 Å². The number of benzene rings is 1. The van der Waals surface area contributed by atoms with Crippen molar-refractivity contribution in [1.82, 2.24) is 4.90 Å². The van der Waals surface area contributed by atoms with E-state index in [2.05, 4.69) is 15.9 Å². The highest BCUT2D eigenvalue weighted by Crippen LogP contribution is 2.24. The van der Waals surface area contributed by atoms with E-state index in [4.69, 9.17) is 5.26 Å². The smallest absolute Gasteiger partial charge is 0.258 e. The Morgan fingerprint density at radius 3 is 2.71 bits per heavy atom. The Kier molecular flexibility index (Phi) is 4.53. The van der Waals surface area contributed by atoms with Gasteiger partial charge in [0.1, 0.15) is 12.3 Å². The summed E-state index contributed by atoms with van der Waals surface area (Å²) < 4.78 is 0.697. The number of nitrogens with zero attached hydrogens (tertiary/aromatic N) is 2. The quantitative estimate of drug-likeness (QED) is 0.872. The molecule has 0 saturated heterocycles. The Morgan fingerprint density at radius 2 is 2.24 bits per heavy atom. The maximum Gasteiger partial charge on any atom is 0.258 e. The van der Waals surface area contributed by atoms with Crippen molar-refractivity contribution in [2.75, 3.05) is 6.54 Å². The molecule has 0 atom stereocenters. The molecular formula is C12H13BrN2O2. The SMILES string of the molecule is CC(C)N(CC#N)C(=O)c1ccc(Br)cc1O. The summed E-state index contributed by atoms with van der Waals surface area (Å²) in [7, 11) is 0. The summed E-state index contributed by atoms with van der Waals surface area (Å²) in [6.45, 7) is 3.66. The number of carbonyl (C=O) groups excluding carboxylic acids is 1. The molecule has 0 fully saturated rings. The Hall–Kier alpha value is -1.54. The molecule has 4 nitrogen and oxygen atoms in total. The molecule has 1 rings (SSSR count). The molecule has 0 aliphatic heterocycles. The van der Waals surface area contributed by atoms with Gasteiger partial charge in [-0.3, -0.25) is 4.79 Å². The number of hydrogen-bond donors (Lipinski definition) is 1. The lowest BCUT2D eigenvalue weighted by atomic mass is 10.1. The normalized spacial score (nSPS) is 10.1. The number of nitriles is 1. The van der Waals surface area contributed by atoms with Crippen LogP contribution in [-0.2, 0) is 0 Å². The molecule has 0 unspecified atom stereocenters. The molecule has 1 amide bonds. The van der Waals surface area contributed by atoms with Crippen molar-refractivity contribution in [1.29, 1.82) is 5.26 Å². The number of hydrogen-bond acceptors (Lipinski definition) is 3. The van der Waals surface area contributed by atoms with Gasteiger partial charge in [-0.1, -0.05) is 15.9 Å². The zero-order valence-corrected chi connectivity index (χ0v) is 11.2. The third kappa shape index (κ3) is 3.21. The molecule has 5 heteroatoms. The van der Waals surface area contributed by atoms with Crippen molar-refractivity contribution in [3.8, 4) is 11.8 Å². The molecule has 1 aromatic rings. The fraction of sp³-hybridized carbons (Fsp3) is 0.333. The molecule has 0 aliphatic carbocycles. The first kappa shape index (κ1) is 13.5. The van der Waals surface area contributed by atoms with E-state index in [1.165, 1.54) is 17.0 Å². The van der Waals surface area contributed by atoms with Gasteiger partial charge in [-0.25, -0.2) is 0 Å². The van der Waals surface area contributed by atoms with E-state index in [-0.39, 0.29) is 29.8 Å². The fourth-order valence-corrected chi connectivity index (χ4v) is 1.75. The zero-order chi connectivity index (χ0) is 13.0. The Bertz CT molecular complexity index is 466. The average molecular weight is 297 g/mol. The molecule has 1 N–H and O–H groups in total. The maximum atomic E-state index is 12.1. The van der Waals surface area contributed by atoms with Gasteiger partial charge in [0.05, 0.1) is 11.6 Å². The van der Waals surface area contributed by atoms with Crippen LogP contribution < -0.4 is 0 Å². The van der Waals surface area contributed by atoms with Crippen LogP contribution >= 0.6 is 15.9 Å². The van der Waals surface area contributed by atoms with E-state index in [0.717, 1.165) is 0 Å². The van der Waals surface area contributed by atoms with Gasteiger partial charge >= 0.3 is 0 Å². The second-order valence-corrected chi connectivity index (χ2v) is 4.76. The summed E-state index contributed by atoms with van der Waals surface area (Å²) >= 11 is 3.20. The molecule has 0 radical (unpaired) electrons. The highest BCUT2D eigenvalue weighted by atomic mass is 79.9. The summed E-state index contributed by atoms with van der Waals surface area (Å²) in [6, 6.07) is 6.52. The van der Waals surface area contributed by atoms with E-state index in [1.807, 2.05) is 19.9 Å². The second-order valence-electron chi connectivity index (χ2n) is 3.85. The van der Waals surface area contributed by atoms with Gasteiger partial charge in [0, 0.05) is 10.5 Å². The Morgan fingerprint density at radius 1 is 1.59 bits per heavy atom. The standard InChI is InChI=1S/C12H13BrN2O2/c1-8(2)15(6-5-14)12(17)10-4-3-9(13)7-11(10)16/h3-4,7-8,16H,6H2,1-2H3. The lowest BCUT2D eigenvalue weighted by Gasteiger charge is -2.24. The summed E-state index contributed by atoms with van der Waals surface area (Å²) in [5, 5.41) is 18.4. The second kappa shape index (κ2) is 5.69. The van der Waals surface area contributed by atoms with Crippen molar-refractivity contribution in [3.05, 3.63) is 28.2 Å². The summed E-state index contributed by atoms with van der Waals surface area (Å²) in [6.07, 6.45) is 0. The van der Waals surface area contributed by atoms with Crippen molar-refractivity contribution in [2.45, 2.75) is 19.9 Å². The number of phenolic OH excluding ortho intramolecular Hbond substituents is 1. The van der Waals surface area contributed by atoms with Crippen LogP contribution in [0.15, 0.2) is 22.7 Å².